The molecule has 0 radical (unpaired) electrons. The summed E-state index contributed by atoms with van der Waals surface area (Å²) >= 11 is 12.1. The van der Waals surface area contributed by atoms with E-state index in [4.69, 9.17) is 23.2 Å². The first kappa shape index (κ1) is 16.1. The lowest BCUT2D eigenvalue weighted by atomic mass is 10.0. The molecular weight excluding hydrogens is 347 g/mol. The third-order valence-electron chi connectivity index (χ3n) is 4.40. The molecule has 2 aliphatic heterocycles. The molecule has 1 aromatic carbocycles. The molecule has 0 aliphatic carbocycles. The largest absolute Gasteiger partial charge is 0.332 e. The van der Waals surface area contributed by atoms with Crippen LogP contribution in [0.15, 0.2) is 18.2 Å². The van der Waals surface area contributed by atoms with Gasteiger partial charge in [0.05, 0.1) is 33.2 Å². The Morgan fingerprint density at radius 1 is 1.18 bits per heavy atom. The van der Waals surface area contributed by atoms with Crippen LogP contribution in [0.25, 0.3) is 0 Å². The van der Waals surface area contributed by atoms with Crippen molar-refractivity contribution in [2.75, 3.05) is 31.6 Å². The average molecular weight is 363 g/mol. The third kappa shape index (κ3) is 2.73. The van der Waals surface area contributed by atoms with Crippen LogP contribution in [0.3, 0.4) is 0 Å². The number of nitrogens with zero attached hydrogens (tertiary/aromatic N) is 2. The summed E-state index contributed by atoms with van der Waals surface area (Å²) in [5, 5.41) is 0.530. The van der Waals surface area contributed by atoms with Gasteiger partial charge in [0.1, 0.15) is 0 Å². The minimum Gasteiger partial charge on any atom is -0.332 e. The van der Waals surface area contributed by atoms with Gasteiger partial charge in [-0.1, -0.05) is 29.3 Å². The number of carbonyl (C=O) groups is 1. The molecule has 0 saturated carbocycles. The summed E-state index contributed by atoms with van der Waals surface area (Å²) in [4.78, 5) is 16.4. The summed E-state index contributed by atoms with van der Waals surface area (Å²) in [6, 6.07) is 4.42. The minimum absolute atomic E-state index is 0.00588. The van der Waals surface area contributed by atoms with Crippen LogP contribution in [0.5, 0.6) is 0 Å². The fourth-order valence-electron chi connectivity index (χ4n) is 3.20. The molecule has 1 aromatic rings. The first-order chi connectivity index (χ1) is 10.3. The monoisotopic (exact) mass is 362 g/mol. The van der Waals surface area contributed by atoms with E-state index in [-0.39, 0.29) is 34.5 Å². The van der Waals surface area contributed by atoms with Crippen LogP contribution in [0.4, 0.5) is 0 Å². The van der Waals surface area contributed by atoms with Crippen molar-refractivity contribution in [3.63, 3.8) is 0 Å². The molecule has 0 bridgehead atoms. The zero-order valence-electron chi connectivity index (χ0n) is 12.0. The Morgan fingerprint density at radius 3 is 2.59 bits per heavy atom. The van der Waals surface area contributed by atoms with Gasteiger partial charge in [-0.2, -0.15) is 0 Å². The Balaban J connectivity index is 1.94. The van der Waals surface area contributed by atoms with E-state index < -0.39 is 9.84 Å². The summed E-state index contributed by atoms with van der Waals surface area (Å²) in [6.45, 7) is 1.12. The molecule has 0 N–H and O–H groups in total. The molecule has 3 rings (SSSR count). The molecular formula is C14H16Cl2N2O3S. The maximum atomic E-state index is 12.8. The zero-order chi connectivity index (χ0) is 16.1. The van der Waals surface area contributed by atoms with E-state index in [1.165, 1.54) is 0 Å². The van der Waals surface area contributed by atoms with Crippen molar-refractivity contribution in [2.45, 2.75) is 12.1 Å². The molecule has 120 valence electrons. The van der Waals surface area contributed by atoms with Gasteiger partial charge < -0.3 is 4.90 Å². The first-order valence-corrected chi connectivity index (χ1v) is 9.53. The van der Waals surface area contributed by atoms with E-state index in [0.717, 1.165) is 0 Å². The fourth-order valence-corrected chi connectivity index (χ4v) is 5.64. The Hall–Kier alpha value is -0.820. The second-order valence-corrected chi connectivity index (χ2v) is 8.73. The number of carbonyl (C=O) groups excluding carboxylic acids is 1. The lowest BCUT2D eigenvalue weighted by Gasteiger charge is -2.42. The molecule has 0 aromatic heterocycles. The van der Waals surface area contributed by atoms with Crippen molar-refractivity contribution in [3.8, 4) is 0 Å². The molecule has 0 unspecified atom stereocenters. The Kier molecular flexibility index (Phi) is 4.14. The number of sulfone groups is 1. The van der Waals surface area contributed by atoms with Crippen LogP contribution in [0, 0.1) is 0 Å². The van der Waals surface area contributed by atoms with Gasteiger partial charge in [0, 0.05) is 19.1 Å². The van der Waals surface area contributed by atoms with Crippen molar-refractivity contribution >= 4 is 38.9 Å². The first-order valence-electron chi connectivity index (χ1n) is 6.96. The topological polar surface area (TPSA) is 57.7 Å². The summed E-state index contributed by atoms with van der Waals surface area (Å²) in [5.74, 6) is -0.152. The number of piperazine rings is 1. The Labute approximate surface area is 139 Å². The van der Waals surface area contributed by atoms with Crippen molar-refractivity contribution in [2.24, 2.45) is 0 Å². The second kappa shape index (κ2) is 5.67. The lowest BCUT2D eigenvalue weighted by molar-refractivity contribution is 0.0410. The van der Waals surface area contributed by atoms with Crippen LogP contribution < -0.4 is 0 Å². The lowest BCUT2D eigenvalue weighted by Crippen LogP contribution is -2.59. The van der Waals surface area contributed by atoms with E-state index in [1.54, 1.807) is 23.1 Å². The van der Waals surface area contributed by atoms with Crippen molar-refractivity contribution in [1.29, 1.82) is 0 Å². The van der Waals surface area contributed by atoms with E-state index in [1.807, 2.05) is 11.9 Å². The van der Waals surface area contributed by atoms with Gasteiger partial charge in [0.15, 0.2) is 9.84 Å². The summed E-state index contributed by atoms with van der Waals surface area (Å²) in [7, 11) is -1.23. The molecule has 5 nitrogen and oxygen atoms in total. The molecule has 2 heterocycles. The van der Waals surface area contributed by atoms with Crippen LogP contribution in [0.1, 0.15) is 10.4 Å². The number of fused-ring (bicyclic) bond motifs is 1. The van der Waals surface area contributed by atoms with E-state index in [9.17, 15) is 13.2 Å². The highest BCUT2D eigenvalue weighted by Gasteiger charge is 2.47. The van der Waals surface area contributed by atoms with Gasteiger partial charge in [-0.25, -0.2) is 8.42 Å². The van der Waals surface area contributed by atoms with E-state index >= 15 is 0 Å². The maximum absolute atomic E-state index is 12.8. The quantitative estimate of drug-likeness (QED) is 0.760. The molecule has 2 aliphatic rings. The summed E-state index contributed by atoms with van der Waals surface area (Å²) < 4.78 is 23.9. The van der Waals surface area contributed by atoms with Crippen LogP contribution in [0.2, 0.25) is 10.0 Å². The van der Waals surface area contributed by atoms with E-state index in [2.05, 4.69) is 0 Å². The number of likely N-dealkylation sites (N-methyl/N-ethyl adjacent to an activating group) is 1. The van der Waals surface area contributed by atoms with Gasteiger partial charge in [0.2, 0.25) is 0 Å². The number of hydrogen-bond acceptors (Lipinski definition) is 4. The maximum Gasteiger partial charge on any atom is 0.255 e. The SMILES string of the molecule is CN1CCN(C(=O)c2cccc(Cl)c2Cl)[C@H]2CS(=O)(=O)C[C@H]21. The van der Waals surface area contributed by atoms with Gasteiger partial charge in [-0.3, -0.25) is 9.69 Å². The van der Waals surface area contributed by atoms with Crippen LogP contribution >= 0.6 is 23.2 Å². The number of benzene rings is 1. The molecule has 22 heavy (non-hydrogen) atoms. The van der Waals surface area contributed by atoms with Gasteiger partial charge >= 0.3 is 0 Å². The molecule has 1 amide bonds. The molecule has 2 saturated heterocycles. The third-order valence-corrected chi connectivity index (χ3v) is 6.91. The number of amides is 1. The highest BCUT2D eigenvalue weighted by atomic mass is 35.5. The minimum atomic E-state index is -3.12. The van der Waals surface area contributed by atoms with Crippen molar-refractivity contribution in [3.05, 3.63) is 33.8 Å². The molecule has 0 spiro atoms. The molecule has 2 atom stereocenters. The normalized spacial score (nSPS) is 27.7. The van der Waals surface area contributed by atoms with Crippen LogP contribution in [-0.4, -0.2) is 67.9 Å². The predicted octanol–water partition coefficient (Wildman–Crippen LogP) is 1.55. The molecule has 8 heteroatoms. The average Bonchev–Trinajstić information content (AvgIpc) is 2.78. The summed E-state index contributed by atoms with van der Waals surface area (Å²) in [6.07, 6.45) is 0. The summed E-state index contributed by atoms with van der Waals surface area (Å²) in [5.41, 5.74) is 0.321. The van der Waals surface area contributed by atoms with E-state index in [0.29, 0.717) is 23.7 Å². The highest BCUT2D eigenvalue weighted by Crippen LogP contribution is 2.31. The number of rotatable bonds is 1. The van der Waals surface area contributed by atoms with Crippen LogP contribution in [-0.2, 0) is 9.84 Å². The Bertz CT molecular complexity index is 723. The van der Waals surface area contributed by atoms with Crippen molar-refractivity contribution < 1.29 is 13.2 Å². The second-order valence-electron chi connectivity index (χ2n) is 5.79. The highest BCUT2D eigenvalue weighted by molar-refractivity contribution is 7.91. The Morgan fingerprint density at radius 2 is 1.86 bits per heavy atom. The van der Waals surface area contributed by atoms with Gasteiger partial charge in [0.25, 0.3) is 5.91 Å². The number of hydrogen-bond donors (Lipinski definition) is 0. The smallest absolute Gasteiger partial charge is 0.255 e. The standard InChI is InChI=1S/C14H16Cl2N2O3S/c1-17-5-6-18(12-8-22(20,21)7-11(12)17)14(19)9-3-2-4-10(15)13(9)16/h2-4,11-12H,5-8H2,1H3/t11-,12+/m1/s1. The molecule has 2 fully saturated rings. The van der Waals surface area contributed by atoms with Crippen molar-refractivity contribution in [1.82, 2.24) is 9.80 Å². The van der Waals surface area contributed by atoms with Gasteiger partial charge in [-0.05, 0) is 19.2 Å². The predicted molar refractivity (Wildman–Crippen MR) is 86.4 cm³/mol. The number of halogens is 2. The van der Waals surface area contributed by atoms with Gasteiger partial charge in [-0.15, -0.1) is 0 Å². The fraction of sp³-hybridized carbons (Fsp3) is 0.500. The zero-order valence-corrected chi connectivity index (χ0v) is 14.3.